The lowest BCUT2D eigenvalue weighted by Gasteiger charge is -2.32. The number of hydrogen-bond acceptors (Lipinski definition) is 5. The van der Waals surface area contributed by atoms with E-state index >= 15 is 0 Å². The van der Waals surface area contributed by atoms with Crippen molar-refractivity contribution >= 4 is 17.4 Å². The molecule has 1 aliphatic heterocycles. The Kier molecular flexibility index (Phi) is 3.60. The van der Waals surface area contributed by atoms with Crippen LogP contribution in [0.25, 0.3) is 5.65 Å². The van der Waals surface area contributed by atoms with Gasteiger partial charge in [-0.1, -0.05) is 12.1 Å². The quantitative estimate of drug-likeness (QED) is 0.795. The fourth-order valence-corrected chi connectivity index (χ4v) is 3.25. The Labute approximate surface area is 138 Å². The number of aromatic nitrogens is 4. The SMILES string of the molecule is O=C(O)c1cccc(N2CCCC(c3nnc4ccccn34)C2)n1. The van der Waals surface area contributed by atoms with E-state index in [0.29, 0.717) is 5.82 Å². The normalized spacial score (nSPS) is 18.0. The van der Waals surface area contributed by atoms with Crippen LogP contribution in [0.2, 0.25) is 0 Å². The van der Waals surface area contributed by atoms with Gasteiger partial charge in [0.2, 0.25) is 0 Å². The minimum absolute atomic E-state index is 0.0718. The molecule has 7 nitrogen and oxygen atoms in total. The summed E-state index contributed by atoms with van der Waals surface area (Å²) in [5.41, 5.74) is 0.915. The lowest BCUT2D eigenvalue weighted by molar-refractivity contribution is 0.0690. The van der Waals surface area contributed by atoms with Crippen LogP contribution in [0.4, 0.5) is 5.82 Å². The first kappa shape index (κ1) is 14.6. The second-order valence-electron chi connectivity index (χ2n) is 5.96. The van der Waals surface area contributed by atoms with E-state index in [-0.39, 0.29) is 11.6 Å². The smallest absolute Gasteiger partial charge is 0.354 e. The van der Waals surface area contributed by atoms with Crippen molar-refractivity contribution in [1.82, 2.24) is 19.6 Å². The summed E-state index contributed by atoms with van der Waals surface area (Å²) in [7, 11) is 0. The minimum atomic E-state index is -1.01. The second kappa shape index (κ2) is 5.92. The van der Waals surface area contributed by atoms with Crippen LogP contribution in [0.5, 0.6) is 0 Å². The molecule has 0 bridgehead atoms. The van der Waals surface area contributed by atoms with Crippen molar-refractivity contribution in [2.75, 3.05) is 18.0 Å². The van der Waals surface area contributed by atoms with Gasteiger partial charge in [0.25, 0.3) is 0 Å². The molecule has 3 aromatic rings. The number of carboxylic acids is 1. The maximum Gasteiger partial charge on any atom is 0.354 e. The largest absolute Gasteiger partial charge is 0.477 e. The number of anilines is 1. The van der Waals surface area contributed by atoms with Gasteiger partial charge < -0.3 is 10.0 Å². The Balaban J connectivity index is 1.62. The van der Waals surface area contributed by atoms with E-state index in [1.807, 2.05) is 34.9 Å². The van der Waals surface area contributed by atoms with Crippen LogP contribution in [0.15, 0.2) is 42.6 Å². The van der Waals surface area contributed by atoms with Crippen LogP contribution >= 0.6 is 0 Å². The molecule has 0 aliphatic carbocycles. The molecule has 0 saturated carbocycles. The second-order valence-corrected chi connectivity index (χ2v) is 5.96. The summed E-state index contributed by atoms with van der Waals surface area (Å²) in [6.07, 6.45) is 4.02. The fourth-order valence-electron chi connectivity index (χ4n) is 3.25. The summed E-state index contributed by atoms with van der Waals surface area (Å²) in [6, 6.07) is 11.0. The third-order valence-electron chi connectivity index (χ3n) is 4.40. The molecule has 1 atom stereocenters. The summed E-state index contributed by atoms with van der Waals surface area (Å²) in [5.74, 6) is 0.887. The molecule has 3 aromatic heterocycles. The number of aromatic carboxylic acids is 1. The maximum absolute atomic E-state index is 11.1. The molecule has 1 saturated heterocycles. The molecule has 7 heteroatoms. The Hall–Kier alpha value is -2.96. The van der Waals surface area contributed by atoms with Gasteiger partial charge in [0.05, 0.1) is 0 Å². The summed E-state index contributed by atoms with van der Waals surface area (Å²) < 4.78 is 2.02. The molecular formula is C17H17N5O2. The number of hydrogen-bond donors (Lipinski definition) is 1. The predicted molar refractivity (Wildman–Crippen MR) is 88.4 cm³/mol. The van der Waals surface area contributed by atoms with Crippen LogP contribution in [-0.2, 0) is 0 Å². The van der Waals surface area contributed by atoms with Gasteiger partial charge in [-0.05, 0) is 37.1 Å². The molecule has 0 radical (unpaired) electrons. The summed E-state index contributed by atoms with van der Waals surface area (Å²) >= 11 is 0. The molecule has 4 heterocycles. The lowest BCUT2D eigenvalue weighted by atomic mass is 9.97. The van der Waals surface area contributed by atoms with Crippen molar-refractivity contribution in [3.8, 4) is 0 Å². The number of rotatable bonds is 3. The molecule has 0 amide bonds. The fraction of sp³-hybridized carbons (Fsp3) is 0.294. The highest BCUT2D eigenvalue weighted by Crippen LogP contribution is 2.28. The van der Waals surface area contributed by atoms with E-state index in [1.165, 1.54) is 6.07 Å². The first-order valence-electron chi connectivity index (χ1n) is 7.97. The van der Waals surface area contributed by atoms with Crippen LogP contribution < -0.4 is 4.90 Å². The molecule has 1 fully saturated rings. The van der Waals surface area contributed by atoms with Crippen molar-refractivity contribution in [2.45, 2.75) is 18.8 Å². The Morgan fingerprint density at radius 2 is 2.08 bits per heavy atom. The highest BCUT2D eigenvalue weighted by atomic mass is 16.4. The van der Waals surface area contributed by atoms with E-state index in [0.717, 1.165) is 37.4 Å². The summed E-state index contributed by atoms with van der Waals surface area (Å²) in [4.78, 5) is 17.5. The standard InChI is InChI=1S/C17H17N5O2/c23-17(24)13-6-3-8-14(18-13)21-9-4-5-12(11-21)16-20-19-15-7-1-2-10-22(15)16/h1-3,6-8,10,12H,4-5,9,11H2,(H,23,24). The maximum atomic E-state index is 11.1. The first-order chi connectivity index (χ1) is 11.7. The lowest BCUT2D eigenvalue weighted by Crippen LogP contribution is -2.35. The van der Waals surface area contributed by atoms with Crippen molar-refractivity contribution in [1.29, 1.82) is 0 Å². The van der Waals surface area contributed by atoms with Crippen molar-refractivity contribution < 1.29 is 9.90 Å². The van der Waals surface area contributed by atoms with E-state index < -0.39 is 5.97 Å². The number of fused-ring (bicyclic) bond motifs is 1. The van der Waals surface area contributed by atoms with E-state index in [4.69, 9.17) is 5.11 Å². The number of carboxylic acid groups (broad SMARTS) is 1. The minimum Gasteiger partial charge on any atom is -0.477 e. The molecular weight excluding hydrogens is 306 g/mol. The Bertz CT molecular complexity index is 891. The van der Waals surface area contributed by atoms with Gasteiger partial charge in [0, 0.05) is 25.2 Å². The number of piperidine rings is 1. The highest BCUT2D eigenvalue weighted by molar-refractivity contribution is 5.85. The molecule has 4 rings (SSSR count). The molecule has 122 valence electrons. The van der Waals surface area contributed by atoms with E-state index in [9.17, 15) is 4.79 Å². The zero-order chi connectivity index (χ0) is 16.5. The predicted octanol–water partition coefficient (Wildman–Crippen LogP) is 2.21. The molecule has 1 unspecified atom stereocenters. The Morgan fingerprint density at radius 1 is 1.17 bits per heavy atom. The number of nitrogens with zero attached hydrogens (tertiary/aromatic N) is 5. The zero-order valence-electron chi connectivity index (χ0n) is 13.0. The number of carbonyl (C=O) groups is 1. The monoisotopic (exact) mass is 323 g/mol. The zero-order valence-corrected chi connectivity index (χ0v) is 13.0. The average Bonchev–Trinajstić information content (AvgIpc) is 3.06. The molecule has 0 aromatic carbocycles. The highest BCUT2D eigenvalue weighted by Gasteiger charge is 2.26. The van der Waals surface area contributed by atoms with Gasteiger partial charge in [-0.2, -0.15) is 0 Å². The van der Waals surface area contributed by atoms with Gasteiger partial charge in [0.1, 0.15) is 11.6 Å². The van der Waals surface area contributed by atoms with E-state index in [1.54, 1.807) is 6.07 Å². The summed E-state index contributed by atoms with van der Waals surface area (Å²) in [5, 5.41) is 17.7. The van der Waals surface area contributed by atoms with Crippen molar-refractivity contribution in [3.05, 3.63) is 54.1 Å². The molecule has 1 N–H and O–H groups in total. The first-order valence-corrected chi connectivity index (χ1v) is 7.97. The average molecular weight is 323 g/mol. The van der Waals surface area contributed by atoms with E-state index in [2.05, 4.69) is 20.1 Å². The third-order valence-corrected chi connectivity index (χ3v) is 4.40. The van der Waals surface area contributed by atoms with Crippen LogP contribution in [-0.4, -0.2) is 43.7 Å². The van der Waals surface area contributed by atoms with Crippen molar-refractivity contribution in [3.63, 3.8) is 0 Å². The molecule has 1 aliphatic rings. The summed E-state index contributed by atoms with van der Waals surface area (Å²) in [6.45, 7) is 1.62. The van der Waals surface area contributed by atoms with Crippen LogP contribution in [0, 0.1) is 0 Å². The van der Waals surface area contributed by atoms with Crippen LogP contribution in [0.3, 0.4) is 0 Å². The van der Waals surface area contributed by atoms with Gasteiger partial charge in [-0.25, -0.2) is 9.78 Å². The van der Waals surface area contributed by atoms with Gasteiger partial charge >= 0.3 is 5.97 Å². The molecule has 24 heavy (non-hydrogen) atoms. The van der Waals surface area contributed by atoms with Gasteiger partial charge in [-0.3, -0.25) is 4.40 Å². The topological polar surface area (TPSA) is 83.6 Å². The van der Waals surface area contributed by atoms with Crippen LogP contribution in [0.1, 0.15) is 35.1 Å². The molecule has 0 spiro atoms. The number of pyridine rings is 2. The third kappa shape index (κ3) is 2.58. The van der Waals surface area contributed by atoms with Gasteiger partial charge in [-0.15, -0.1) is 10.2 Å². The van der Waals surface area contributed by atoms with Gasteiger partial charge in [0.15, 0.2) is 11.3 Å². The van der Waals surface area contributed by atoms with Crippen molar-refractivity contribution in [2.24, 2.45) is 0 Å². The Morgan fingerprint density at radius 3 is 2.96 bits per heavy atom.